The summed E-state index contributed by atoms with van der Waals surface area (Å²) in [7, 11) is 1.98. The number of aryl methyl sites for hydroxylation is 2. The largest absolute Gasteiger partial charge is 0.378 e. The van der Waals surface area contributed by atoms with Crippen LogP contribution in [0.2, 0.25) is 5.02 Å². The summed E-state index contributed by atoms with van der Waals surface area (Å²) in [5.41, 5.74) is 2.14. The summed E-state index contributed by atoms with van der Waals surface area (Å²) in [6, 6.07) is 0. The van der Waals surface area contributed by atoms with Gasteiger partial charge in [-0.25, -0.2) is 0 Å². The first kappa shape index (κ1) is 16.8. The van der Waals surface area contributed by atoms with Gasteiger partial charge in [-0.05, 0) is 32.7 Å². The van der Waals surface area contributed by atoms with Crippen LogP contribution < -0.4 is 5.32 Å². The van der Waals surface area contributed by atoms with Crippen LogP contribution in [-0.2, 0) is 18.2 Å². The van der Waals surface area contributed by atoms with E-state index >= 15 is 0 Å². The summed E-state index contributed by atoms with van der Waals surface area (Å²) >= 11 is 6.44. The molecule has 1 aromatic rings. The highest BCUT2D eigenvalue weighted by molar-refractivity contribution is 6.31. The maximum Gasteiger partial charge on any atom is 0.0847 e. The van der Waals surface area contributed by atoms with Crippen molar-refractivity contribution >= 4 is 11.6 Å². The average Bonchev–Trinajstić information content (AvgIpc) is 2.86. The standard InChI is InChI=1S/C16H28ClN3O/c1-11(2)9-18-10-16(6-7-21-13(16)4)8-14-15(17)12(3)19-20(14)5/h11,13,18H,6-10H2,1-5H3. The van der Waals surface area contributed by atoms with E-state index < -0.39 is 0 Å². The van der Waals surface area contributed by atoms with Crippen molar-refractivity contribution in [2.24, 2.45) is 18.4 Å². The molecule has 1 saturated heterocycles. The molecule has 2 rings (SSSR count). The van der Waals surface area contributed by atoms with E-state index in [4.69, 9.17) is 16.3 Å². The first-order valence-electron chi connectivity index (χ1n) is 7.86. The SMILES string of the molecule is Cc1nn(C)c(CC2(CNCC(C)C)CCOC2C)c1Cl. The predicted molar refractivity (Wildman–Crippen MR) is 86.8 cm³/mol. The smallest absolute Gasteiger partial charge is 0.0847 e. The van der Waals surface area contributed by atoms with Gasteiger partial charge in [-0.3, -0.25) is 4.68 Å². The van der Waals surface area contributed by atoms with E-state index in [1.165, 1.54) is 0 Å². The molecule has 0 aliphatic carbocycles. The van der Waals surface area contributed by atoms with Crippen molar-refractivity contribution in [3.05, 3.63) is 16.4 Å². The summed E-state index contributed by atoms with van der Waals surface area (Å²) < 4.78 is 7.80. The second kappa shape index (κ2) is 6.67. The third kappa shape index (κ3) is 3.61. The third-order valence-corrected chi connectivity index (χ3v) is 5.13. The molecule has 0 saturated carbocycles. The van der Waals surface area contributed by atoms with Gasteiger partial charge in [0.2, 0.25) is 0 Å². The van der Waals surface area contributed by atoms with Gasteiger partial charge in [-0.1, -0.05) is 25.4 Å². The van der Waals surface area contributed by atoms with Crippen LogP contribution in [0.15, 0.2) is 0 Å². The lowest BCUT2D eigenvalue weighted by atomic mass is 9.77. The van der Waals surface area contributed by atoms with Crippen molar-refractivity contribution in [1.29, 1.82) is 0 Å². The number of aromatic nitrogens is 2. The van der Waals surface area contributed by atoms with Crippen molar-refractivity contribution in [2.75, 3.05) is 19.7 Å². The summed E-state index contributed by atoms with van der Waals surface area (Å²) in [4.78, 5) is 0. The quantitative estimate of drug-likeness (QED) is 0.877. The summed E-state index contributed by atoms with van der Waals surface area (Å²) in [5, 5.41) is 8.86. The zero-order valence-electron chi connectivity index (χ0n) is 13.9. The van der Waals surface area contributed by atoms with Crippen LogP contribution in [0.5, 0.6) is 0 Å². The Kier molecular flexibility index (Phi) is 5.33. The molecule has 1 fully saturated rings. The van der Waals surface area contributed by atoms with Crippen molar-refractivity contribution < 1.29 is 4.74 Å². The topological polar surface area (TPSA) is 39.1 Å². The Labute approximate surface area is 133 Å². The number of ether oxygens (including phenoxy) is 1. The van der Waals surface area contributed by atoms with Crippen LogP contribution >= 0.6 is 11.6 Å². The highest BCUT2D eigenvalue weighted by Crippen LogP contribution is 2.39. The molecule has 0 amide bonds. The number of rotatable bonds is 6. The summed E-state index contributed by atoms with van der Waals surface area (Å²) in [5.74, 6) is 0.655. The summed E-state index contributed by atoms with van der Waals surface area (Å²) in [6.07, 6.45) is 2.22. The first-order chi connectivity index (χ1) is 9.85. The van der Waals surface area contributed by atoms with Gasteiger partial charge in [0.15, 0.2) is 0 Å². The van der Waals surface area contributed by atoms with Gasteiger partial charge in [-0.15, -0.1) is 0 Å². The second-order valence-electron chi connectivity index (χ2n) is 6.80. The lowest BCUT2D eigenvalue weighted by molar-refractivity contribution is 0.0618. The van der Waals surface area contributed by atoms with Crippen LogP contribution in [-0.4, -0.2) is 35.6 Å². The van der Waals surface area contributed by atoms with Gasteiger partial charge in [0.1, 0.15) is 0 Å². The molecule has 1 N–H and O–H groups in total. The number of nitrogens with zero attached hydrogens (tertiary/aromatic N) is 2. The normalized spacial score (nSPS) is 26.0. The molecule has 21 heavy (non-hydrogen) atoms. The van der Waals surface area contributed by atoms with Crippen LogP contribution in [0, 0.1) is 18.3 Å². The van der Waals surface area contributed by atoms with Gasteiger partial charge >= 0.3 is 0 Å². The predicted octanol–water partition coefficient (Wildman–Crippen LogP) is 2.97. The molecular formula is C16H28ClN3O. The zero-order valence-corrected chi connectivity index (χ0v) is 14.6. The Balaban J connectivity index is 2.16. The highest BCUT2D eigenvalue weighted by Gasteiger charge is 2.42. The lowest BCUT2D eigenvalue weighted by Crippen LogP contribution is -2.42. The Morgan fingerprint density at radius 1 is 1.52 bits per heavy atom. The average molecular weight is 314 g/mol. The fourth-order valence-electron chi connectivity index (χ4n) is 3.16. The minimum Gasteiger partial charge on any atom is -0.378 e. The molecule has 1 aromatic heterocycles. The number of hydrogen-bond donors (Lipinski definition) is 1. The van der Waals surface area contributed by atoms with E-state index in [2.05, 4.69) is 31.2 Å². The van der Waals surface area contributed by atoms with Crippen molar-refractivity contribution in [1.82, 2.24) is 15.1 Å². The number of nitrogens with one attached hydrogen (secondary N) is 1. The fraction of sp³-hybridized carbons (Fsp3) is 0.812. The van der Waals surface area contributed by atoms with E-state index in [0.717, 1.165) is 48.9 Å². The molecule has 2 heterocycles. The molecule has 2 unspecified atom stereocenters. The van der Waals surface area contributed by atoms with Gasteiger partial charge in [0.05, 0.1) is 22.5 Å². The van der Waals surface area contributed by atoms with Crippen LogP contribution in [0.3, 0.4) is 0 Å². The van der Waals surface area contributed by atoms with Crippen LogP contribution in [0.25, 0.3) is 0 Å². The highest BCUT2D eigenvalue weighted by atomic mass is 35.5. The molecule has 0 spiro atoms. The maximum absolute atomic E-state index is 6.44. The van der Waals surface area contributed by atoms with Crippen LogP contribution in [0.4, 0.5) is 0 Å². The fourth-order valence-corrected chi connectivity index (χ4v) is 3.39. The zero-order chi connectivity index (χ0) is 15.6. The van der Waals surface area contributed by atoms with Gasteiger partial charge < -0.3 is 10.1 Å². The van der Waals surface area contributed by atoms with E-state index in [0.29, 0.717) is 5.92 Å². The molecule has 120 valence electrons. The molecule has 4 nitrogen and oxygen atoms in total. The molecule has 2 atom stereocenters. The lowest BCUT2D eigenvalue weighted by Gasteiger charge is -2.33. The molecule has 1 aliphatic heterocycles. The molecule has 5 heteroatoms. The Hall–Kier alpha value is -0.580. The van der Waals surface area contributed by atoms with E-state index in [1.807, 2.05) is 18.7 Å². The van der Waals surface area contributed by atoms with E-state index in [9.17, 15) is 0 Å². The van der Waals surface area contributed by atoms with Crippen molar-refractivity contribution in [2.45, 2.75) is 46.6 Å². The Bertz CT molecular complexity index is 486. The van der Waals surface area contributed by atoms with E-state index in [-0.39, 0.29) is 11.5 Å². The number of hydrogen-bond acceptors (Lipinski definition) is 3. The molecule has 0 aromatic carbocycles. The van der Waals surface area contributed by atoms with Crippen molar-refractivity contribution in [3.63, 3.8) is 0 Å². The molecule has 1 aliphatic rings. The molecule has 0 bridgehead atoms. The van der Waals surface area contributed by atoms with Crippen LogP contribution in [0.1, 0.15) is 38.6 Å². The Morgan fingerprint density at radius 2 is 2.24 bits per heavy atom. The summed E-state index contributed by atoms with van der Waals surface area (Å²) in [6.45, 7) is 11.4. The first-order valence-corrected chi connectivity index (χ1v) is 8.24. The van der Waals surface area contributed by atoms with Gasteiger partial charge in [-0.2, -0.15) is 5.10 Å². The molecular weight excluding hydrogens is 286 g/mol. The monoisotopic (exact) mass is 313 g/mol. The number of halogens is 1. The second-order valence-corrected chi connectivity index (χ2v) is 7.17. The van der Waals surface area contributed by atoms with E-state index in [1.54, 1.807) is 0 Å². The third-order valence-electron chi connectivity index (χ3n) is 4.64. The maximum atomic E-state index is 6.44. The Morgan fingerprint density at radius 3 is 2.71 bits per heavy atom. The van der Waals surface area contributed by atoms with Gasteiger partial charge in [0.25, 0.3) is 0 Å². The van der Waals surface area contributed by atoms with Gasteiger partial charge in [0, 0.05) is 32.0 Å². The van der Waals surface area contributed by atoms with Crippen molar-refractivity contribution in [3.8, 4) is 0 Å². The minimum absolute atomic E-state index is 0.110. The minimum atomic E-state index is 0.110. The molecule has 0 radical (unpaired) electrons.